The third kappa shape index (κ3) is 2.40. The third-order valence-electron chi connectivity index (χ3n) is 2.22. The Kier molecular flexibility index (Phi) is 3.24. The molecule has 64 valence electrons. The topological polar surface area (TPSA) is 20.3 Å². The molecule has 2 unspecified atom stereocenters. The van der Waals surface area contributed by atoms with E-state index in [-0.39, 0.29) is 0 Å². The van der Waals surface area contributed by atoms with E-state index in [9.17, 15) is 4.79 Å². The summed E-state index contributed by atoms with van der Waals surface area (Å²) in [5, 5.41) is 0.784. The summed E-state index contributed by atoms with van der Waals surface area (Å²) in [5.41, 5.74) is 0. The van der Waals surface area contributed by atoms with E-state index in [0.29, 0.717) is 6.04 Å². The van der Waals surface area contributed by atoms with Gasteiger partial charge in [-0.05, 0) is 12.8 Å². The predicted octanol–water partition coefficient (Wildman–Crippen LogP) is 1.36. The lowest BCUT2D eigenvalue weighted by atomic mass is 10.1. The molecule has 0 aliphatic carbocycles. The van der Waals surface area contributed by atoms with Gasteiger partial charge in [0.1, 0.15) is 0 Å². The molecule has 0 N–H and O–H groups in total. The van der Waals surface area contributed by atoms with Crippen molar-refractivity contribution in [1.82, 2.24) is 4.90 Å². The van der Waals surface area contributed by atoms with Gasteiger partial charge in [0.15, 0.2) is 0 Å². The molecule has 0 bridgehead atoms. The average Bonchev–Trinajstić information content (AvgIpc) is 2.05. The molecule has 1 heterocycles. The molecular formula is C8H15NOS. The van der Waals surface area contributed by atoms with Crippen LogP contribution >= 0.6 is 11.8 Å². The number of nitrogens with zero attached hydrogens (tertiary/aromatic N) is 1. The average molecular weight is 173 g/mol. The highest BCUT2D eigenvalue weighted by Gasteiger charge is 2.20. The van der Waals surface area contributed by atoms with Crippen LogP contribution in [-0.4, -0.2) is 35.4 Å². The second-order valence-electron chi connectivity index (χ2n) is 3.15. The number of carbonyl (C=O) groups excluding carboxylic acids is 1. The van der Waals surface area contributed by atoms with E-state index < -0.39 is 0 Å². The van der Waals surface area contributed by atoms with Crippen LogP contribution in [0.25, 0.3) is 0 Å². The minimum absolute atomic E-state index is 0.480. The van der Waals surface area contributed by atoms with Gasteiger partial charge in [0.05, 0.1) is 0 Å². The molecule has 0 saturated carbocycles. The van der Waals surface area contributed by atoms with Crippen LogP contribution in [0.1, 0.15) is 19.8 Å². The van der Waals surface area contributed by atoms with Crippen LogP contribution in [0.4, 0.5) is 0 Å². The van der Waals surface area contributed by atoms with Crippen molar-refractivity contribution in [2.75, 3.05) is 12.8 Å². The fourth-order valence-corrected chi connectivity index (χ4v) is 2.53. The Morgan fingerprint density at radius 3 is 2.73 bits per heavy atom. The maximum Gasteiger partial charge on any atom is 0.209 e. The van der Waals surface area contributed by atoms with Gasteiger partial charge < -0.3 is 4.90 Å². The van der Waals surface area contributed by atoms with Gasteiger partial charge in [-0.25, -0.2) is 0 Å². The Hall–Kier alpha value is -0.180. The summed E-state index contributed by atoms with van der Waals surface area (Å²) in [6.45, 7) is 2.25. The van der Waals surface area contributed by atoms with Gasteiger partial charge >= 0.3 is 0 Å². The van der Waals surface area contributed by atoms with Crippen LogP contribution in [0.15, 0.2) is 0 Å². The molecule has 1 rings (SSSR count). The molecule has 3 heteroatoms. The number of amides is 1. The molecule has 0 aromatic rings. The lowest BCUT2D eigenvalue weighted by Gasteiger charge is -2.30. The van der Waals surface area contributed by atoms with Gasteiger partial charge in [-0.2, -0.15) is 11.8 Å². The fraction of sp³-hybridized carbons (Fsp3) is 0.875. The van der Waals surface area contributed by atoms with Gasteiger partial charge in [0.2, 0.25) is 6.41 Å². The summed E-state index contributed by atoms with van der Waals surface area (Å²) in [5.74, 6) is 1.11. The second kappa shape index (κ2) is 4.00. The highest BCUT2D eigenvalue weighted by molar-refractivity contribution is 7.99. The predicted molar refractivity (Wildman–Crippen MR) is 48.8 cm³/mol. The second-order valence-corrected chi connectivity index (χ2v) is 4.62. The van der Waals surface area contributed by atoms with E-state index in [4.69, 9.17) is 0 Å². The standard InChI is InChI=1S/C8H15NOS/c1-7-3-4-8(5-11-7)9(2)6-10/h6-8H,3-5H2,1-2H3. The quantitative estimate of drug-likeness (QED) is 0.588. The molecule has 1 aliphatic rings. The maximum absolute atomic E-state index is 10.4. The van der Waals surface area contributed by atoms with Crippen LogP contribution in [0.3, 0.4) is 0 Å². The van der Waals surface area contributed by atoms with Crippen molar-refractivity contribution in [2.45, 2.75) is 31.1 Å². The van der Waals surface area contributed by atoms with Crippen molar-refractivity contribution in [3.05, 3.63) is 0 Å². The number of hydrogen-bond donors (Lipinski definition) is 0. The maximum atomic E-state index is 10.4. The molecule has 2 atom stereocenters. The van der Waals surface area contributed by atoms with Gasteiger partial charge in [-0.3, -0.25) is 4.79 Å². The molecule has 1 saturated heterocycles. The summed E-state index contributed by atoms with van der Waals surface area (Å²) in [7, 11) is 1.87. The van der Waals surface area contributed by atoms with E-state index in [1.54, 1.807) is 4.90 Å². The number of carbonyl (C=O) groups is 1. The molecule has 1 aliphatic heterocycles. The lowest BCUT2D eigenvalue weighted by molar-refractivity contribution is -0.118. The van der Waals surface area contributed by atoms with Crippen LogP contribution in [0.5, 0.6) is 0 Å². The minimum Gasteiger partial charge on any atom is -0.345 e. The molecule has 1 amide bonds. The molecular weight excluding hydrogens is 158 g/mol. The highest BCUT2D eigenvalue weighted by Crippen LogP contribution is 2.26. The molecule has 11 heavy (non-hydrogen) atoms. The Balaban J connectivity index is 2.32. The van der Waals surface area contributed by atoms with E-state index in [1.807, 2.05) is 18.8 Å². The number of rotatable bonds is 2. The first-order valence-corrected chi connectivity index (χ1v) is 5.07. The van der Waals surface area contributed by atoms with E-state index in [0.717, 1.165) is 17.4 Å². The Morgan fingerprint density at radius 1 is 1.55 bits per heavy atom. The Morgan fingerprint density at radius 2 is 2.27 bits per heavy atom. The Bertz CT molecular complexity index is 132. The molecule has 0 radical (unpaired) electrons. The largest absolute Gasteiger partial charge is 0.345 e. The first kappa shape index (κ1) is 8.91. The lowest BCUT2D eigenvalue weighted by Crippen LogP contribution is -2.36. The number of thioether (sulfide) groups is 1. The zero-order chi connectivity index (χ0) is 8.27. The molecule has 2 nitrogen and oxygen atoms in total. The zero-order valence-corrected chi connectivity index (χ0v) is 7.93. The summed E-state index contributed by atoms with van der Waals surface area (Å²) in [4.78, 5) is 12.2. The van der Waals surface area contributed by atoms with Crippen molar-refractivity contribution >= 4 is 18.2 Å². The van der Waals surface area contributed by atoms with E-state index in [2.05, 4.69) is 6.92 Å². The first-order chi connectivity index (χ1) is 5.24. The van der Waals surface area contributed by atoms with Gasteiger partial charge in [0.25, 0.3) is 0 Å². The van der Waals surface area contributed by atoms with Crippen LogP contribution < -0.4 is 0 Å². The van der Waals surface area contributed by atoms with Crippen molar-refractivity contribution in [2.24, 2.45) is 0 Å². The summed E-state index contributed by atoms with van der Waals surface area (Å²) < 4.78 is 0. The van der Waals surface area contributed by atoms with Gasteiger partial charge in [-0.1, -0.05) is 6.92 Å². The van der Waals surface area contributed by atoms with Crippen molar-refractivity contribution < 1.29 is 4.79 Å². The normalized spacial score (nSPS) is 31.5. The zero-order valence-electron chi connectivity index (χ0n) is 7.12. The fourth-order valence-electron chi connectivity index (χ4n) is 1.28. The summed E-state index contributed by atoms with van der Waals surface area (Å²) >= 11 is 1.97. The van der Waals surface area contributed by atoms with Gasteiger partial charge in [-0.15, -0.1) is 0 Å². The highest BCUT2D eigenvalue weighted by atomic mass is 32.2. The first-order valence-electron chi connectivity index (χ1n) is 4.03. The Labute approximate surface area is 72.3 Å². The van der Waals surface area contributed by atoms with Crippen LogP contribution in [0.2, 0.25) is 0 Å². The van der Waals surface area contributed by atoms with E-state index in [1.165, 1.54) is 12.8 Å². The third-order valence-corrected chi connectivity index (χ3v) is 3.60. The van der Waals surface area contributed by atoms with Crippen LogP contribution in [-0.2, 0) is 4.79 Å². The molecule has 0 spiro atoms. The van der Waals surface area contributed by atoms with E-state index >= 15 is 0 Å². The molecule has 0 aromatic heterocycles. The smallest absolute Gasteiger partial charge is 0.209 e. The SMILES string of the molecule is CC1CCC(N(C)C=O)CS1. The summed E-state index contributed by atoms with van der Waals surface area (Å²) in [6.07, 6.45) is 3.35. The van der Waals surface area contributed by atoms with Crippen molar-refractivity contribution in [3.63, 3.8) is 0 Å². The minimum atomic E-state index is 0.480. The molecule has 1 fully saturated rings. The number of hydrogen-bond acceptors (Lipinski definition) is 2. The van der Waals surface area contributed by atoms with Gasteiger partial charge in [0, 0.05) is 24.1 Å². The monoisotopic (exact) mass is 173 g/mol. The summed E-state index contributed by atoms with van der Waals surface area (Å²) in [6, 6.07) is 0.480. The van der Waals surface area contributed by atoms with Crippen molar-refractivity contribution in [1.29, 1.82) is 0 Å². The molecule has 0 aromatic carbocycles. The van der Waals surface area contributed by atoms with Crippen molar-refractivity contribution in [3.8, 4) is 0 Å². The van der Waals surface area contributed by atoms with Crippen LogP contribution in [0, 0.1) is 0 Å².